The summed E-state index contributed by atoms with van der Waals surface area (Å²) in [5, 5.41) is 19.3. The molecule has 1 aliphatic carbocycles. The first kappa shape index (κ1) is 20.0. The molecule has 2 fully saturated rings. The topological polar surface area (TPSA) is 83.8 Å². The van der Waals surface area contributed by atoms with Gasteiger partial charge in [0.15, 0.2) is 0 Å². The summed E-state index contributed by atoms with van der Waals surface area (Å²) in [5.74, 6) is -1.97. The predicted molar refractivity (Wildman–Crippen MR) is 95.3 cm³/mol. The molecule has 1 saturated heterocycles. The van der Waals surface area contributed by atoms with Crippen LogP contribution in [0.5, 0.6) is 0 Å². The zero-order valence-electron chi connectivity index (χ0n) is 16.1. The number of fused-ring (bicyclic) bond motifs is 1. The highest BCUT2D eigenvalue weighted by Gasteiger charge is 2.62. The first-order chi connectivity index (χ1) is 11.3. The molecular formula is C20H32O5. The molecule has 1 heterocycles. The average molecular weight is 352 g/mol. The fourth-order valence-corrected chi connectivity index (χ4v) is 5.70. The van der Waals surface area contributed by atoms with E-state index in [9.17, 15) is 19.8 Å². The molecule has 1 aliphatic heterocycles. The van der Waals surface area contributed by atoms with Crippen molar-refractivity contribution in [2.24, 2.45) is 22.7 Å². The van der Waals surface area contributed by atoms with Crippen molar-refractivity contribution in [1.29, 1.82) is 0 Å². The molecule has 5 nitrogen and oxygen atoms in total. The second-order valence-corrected chi connectivity index (χ2v) is 9.22. The smallest absolute Gasteiger partial charge is 0.309 e. The largest absolute Gasteiger partial charge is 0.481 e. The van der Waals surface area contributed by atoms with Crippen molar-refractivity contribution in [2.75, 3.05) is 0 Å². The standard InChI is InChI=1S/C20H32O5/c1-7-18(4)10-8-14-19(5,12-15(21)22)13(17(2,3)16(23)24)9-11-20(14,6)25-18/h7,13-14H,1,8-12H2,2-6H3,(H,21,22)(H,23,24)/t13-,14+,18+,19-,20-/m0/s1. The van der Waals surface area contributed by atoms with Crippen LogP contribution < -0.4 is 0 Å². The van der Waals surface area contributed by atoms with Crippen molar-refractivity contribution in [3.05, 3.63) is 12.7 Å². The highest BCUT2D eigenvalue weighted by molar-refractivity contribution is 5.75. The fraction of sp³-hybridized carbons (Fsp3) is 0.800. The van der Waals surface area contributed by atoms with E-state index < -0.39 is 34.0 Å². The lowest BCUT2D eigenvalue weighted by Crippen LogP contribution is -2.62. The Morgan fingerprint density at radius 3 is 2.28 bits per heavy atom. The maximum Gasteiger partial charge on any atom is 0.309 e. The van der Waals surface area contributed by atoms with Gasteiger partial charge in [0.2, 0.25) is 0 Å². The summed E-state index contributed by atoms with van der Waals surface area (Å²) >= 11 is 0. The second-order valence-electron chi connectivity index (χ2n) is 9.22. The summed E-state index contributed by atoms with van der Waals surface area (Å²) in [4.78, 5) is 23.6. The van der Waals surface area contributed by atoms with Crippen LogP contribution in [0.1, 0.15) is 66.7 Å². The molecule has 0 amide bonds. The van der Waals surface area contributed by atoms with Crippen molar-refractivity contribution < 1.29 is 24.5 Å². The van der Waals surface area contributed by atoms with E-state index in [1.54, 1.807) is 13.8 Å². The normalized spacial score (nSPS) is 41.6. The van der Waals surface area contributed by atoms with Gasteiger partial charge < -0.3 is 14.9 Å². The highest BCUT2D eigenvalue weighted by atomic mass is 16.5. The summed E-state index contributed by atoms with van der Waals surface area (Å²) in [6.45, 7) is 13.4. The Morgan fingerprint density at radius 1 is 1.20 bits per heavy atom. The first-order valence-electron chi connectivity index (χ1n) is 9.10. The maximum atomic E-state index is 11.9. The molecule has 0 bridgehead atoms. The van der Waals surface area contributed by atoms with Gasteiger partial charge in [-0.2, -0.15) is 0 Å². The molecule has 5 atom stereocenters. The van der Waals surface area contributed by atoms with Gasteiger partial charge in [0.25, 0.3) is 0 Å². The Morgan fingerprint density at radius 2 is 1.80 bits per heavy atom. The lowest BCUT2D eigenvalue weighted by atomic mass is 9.47. The maximum absolute atomic E-state index is 11.9. The third-order valence-corrected chi connectivity index (χ3v) is 7.04. The minimum atomic E-state index is -0.981. The quantitative estimate of drug-likeness (QED) is 0.727. The molecule has 0 radical (unpaired) electrons. The lowest BCUT2D eigenvalue weighted by molar-refractivity contribution is -0.247. The molecule has 0 aromatic heterocycles. The van der Waals surface area contributed by atoms with Crippen LogP contribution in [0, 0.1) is 22.7 Å². The fourth-order valence-electron chi connectivity index (χ4n) is 5.70. The molecule has 2 aliphatic rings. The molecular weight excluding hydrogens is 320 g/mol. The van der Waals surface area contributed by atoms with Gasteiger partial charge in [-0.05, 0) is 70.6 Å². The van der Waals surface area contributed by atoms with Gasteiger partial charge in [-0.25, -0.2) is 0 Å². The average Bonchev–Trinajstić information content (AvgIpc) is 2.44. The molecule has 0 aromatic rings. The number of carboxylic acid groups (broad SMARTS) is 2. The van der Waals surface area contributed by atoms with Gasteiger partial charge in [0.05, 0.1) is 23.0 Å². The van der Waals surface area contributed by atoms with Crippen LogP contribution in [0.15, 0.2) is 12.7 Å². The molecule has 5 heteroatoms. The van der Waals surface area contributed by atoms with E-state index in [0.29, 0.717) is 6.42 Å². The lowest BCUT2D eigenvalue weighted by Gasteiger charge is -2.62. The van der Waals surface area contributed by atoms with E-state index in [-0.39, 0.29) is 18.3 Å². The van der Waals surface area contributed by atoms with Gasteiger partial charge >= 0.3 is 11.9 Å². The van der Waals surface area contributed by atoms with Gasteiger partial charge in [0, 0.05) is 0 Å². The van der Waals surface area contributed by atoms with E-state index in [1.165, 1.54) is 0 Å². The van der Waals surface area contributed by atoms with Gasteiger partial charge in [-0.15, -0.1) is 6.58 Å². The zero-order chi connectivity index (χ0) is 19.3. The number of rotatable bonds is 5. The highest BCUT2D eigenvalue weighted by Crippen LogP contribution is 2.62. The Balaban J connectivity index is 2.49. The first-order valence-corrected chi connectivity index (χ1v) is 9.10. The summed E-state index contributed by atoms with van der Waals surface area (Å²) in [6.07, 6.45) is 4.75. The Labute approximate surface area is 150 Å². The van der Waals surface area contributed by atoms with Gasteiger partial charge in [-0.1, -0.05) is 13.0 Å². The minimum absolute atomic E-state index is 0.00139. The molecule has 0 unspecified atom stereocenters. The molecule has 2 N–H and O–H groups in total. The number of hydrogen-bond acceptors (Lipinski definition) is 3. The van der Waals surface area contributed by atoms with Crippen molar-refractivity contribution in [3.8, 4) is 0 Å². The molecule has 0 aromatic carbocycles. The summed E-state index contributed by atoms with van der Waals surface area (Å²) < 4.78 is 6.45. The Bertz CT molecular complexity index is 583. The van der Waals surface area contributed by atoms with Crippen LogP contribution in [-0.4, -0.2) is 33.4 Å². The van der Waals surface area contributed by atoms with Gasteiger partial charge in [0.1, 0.15) is 0 Å². The van der Waals surface area contributed by atoms with Crippen LogP contribution >= 0.6 is 0 Å². The van der Waals surface area contributed by atoms with E-state index in [1.807, 2.05) is 19.9 Å². The number of carbonyl (C=O) groups is 2. The third-order valence-electron chi connectivity index (χ3n) is 7.04. The van der Waals surface area contributed by atoms with Crippen LogP contribution in [0.2, 0.25) is 0 Å². The predicted octanol–water partition coefficient (Wildman–Crippen LogP) is 4.12. The summed E-state index contributed by atoms with van der Waals surface area (Å²) in [6, 6.07) is 0. The third kappa shape index (κ3) is 3.23. The summed E-state index contributed by atoms with van der Waals surface area (Å²) in [7, 11) is 0. The number of hydrogen-bond donors (Lipinski definition) is 2. The second kappa shape index (κ2) is 6.11. The van der Waals surface area contributed by atoms with E-state index in [0.717, 1.165) is 19.3 Å². The molecule has 25 heavy (non-hydrogen) atoms. The molecule has 0 spiro atoms. The van der Waals surface area contributed by atoms with Crippen LogP contribution in [0.4, 0.5) is 0 Å². The monoisotopic (exact) mass is 352 g/mol. The Kier molecular flexibility index (Phi) is 4.88. The summed E-state index contributed by atoms with van der Waals surface area (Å²) in [5.41, 5.74) is -2.49. The van der Waals surface area contributed by atoms with E-state index in [4.69, 9.17) is 4.74 Å². The number of aliphatic carboxylic acids is 2. The number of carboxylic acids is 2. The van der Waals surface area contributed by atoms with E-state index in [2.05, 4.69) is 13.5 Å². The van der Waals surface area contributed by atoms with E-state index >= 15 is 0 Å². The SMILES string of the molecule is C=C[C@]1(C)CC[C@@H]2[C@@](C)(CC(=O)O)[C@H](C(C)(C)C(=O)O)CC[C@]2(C)O1. The minimum Gasteiger partial charge on any atom is -0.481 e. The van der Waals surface area contributed by atoms with Crippen LogP contribution in [-0.2, 0) is 14.3 Å². The van der Waals surface area contributed by atoms with Crippen molar-refractivity contribution in [3.63, 3.8) is 0 Å². The molecule has 142 valence electrons. The van der Waals surface area contributed by atoms with Crippen molar-refractivity contribution >= 4 is 11.9 Å². The van der Waals surface area contributed by atoms with Crippen LogP contribution in [0.25, 0.3) is 0 Å². The Hall–Kier alpha value is -1.36. The van der Waals surface area contributed by atoms with Crippen molar-refractivity contribution in [1.82, 2.24) is 0 Å². The molecule has 1 saturated carbocycles. The van der Waals surface area contributed by atoms with Crippen LogP contribution in [0.3, 0.4) is 0 Å². The zero-order valence-corrected chi connectivity index (χ0v) is 16.1. The molecule has 2 rings (SSSR count). The van der Waals surface area contributed by atoms with Crippen molar-refractivity contribution in [2.45, 2.75) is 77.9 Å². The van der Waals surface area contributed by atoms with Gasteiger partial charge in [-0.3, -0.25) is 9.59 Å². The number of ether oxygens (including phenoxy) is 1.